The third-order valence-electron chi connectivity index (χ3n) is 4.21. The standard InChI is InChI=1S/C17H20F2N6O2/c1-20-15-22-8-6-13(24-15)17(7-9-21-10-17)25-16(26)23-11-2-4-12(5-3-11)27-14(18)19/h2-6,8,14,21H,7,9-10H2,1H3,(H,20,22,24)(H2,23,25,26)/t17-/m0/s1. The van der Waals surface area contributed by atoms with E-state index in [9.17, 15) is 13.6 Å². The van der Waals surface area contributed by atoms with Gasteiger partial charge in [-0.05, 0) is 43.3 Å². The number of urea groups is 1. The molecule has 1 aliphatic heterocycles. The number of ether oxygens (including phenoxy) is 1. The fourth-order valence-electron chi connectivity index (χ4n) is 2.93. The molecule has 1 aliphatic rings. The number of amides is 2. The van der Waals surface area contributed by atoms with Gasteiger partial charge in [0, 0.05) is 25.5 Å². The van der Waals surface area contributed by atoms with Crippen LogP contribution in [0.3, 0.4) is 0 Å². The van der Waals surface area contributed by atoms with E-state index in [4.69, 9.17) is 0 Å². The van der Waals surface area contributed by atoms with E-state index in [0.717, 1.165) is 6.54 Å². The number of hydrogen-bond acceptors (Lipinski definition) is 6. The van der Waals surface area contributed by atoms with Crippen LogP contribution in [-0.2, 0) is 5.54 Å². The summed E-state index contributed by atoms with van der Waals surface area (Å²) < 4.78 is 28.7. The minimum Gasteiger partial charge on any atom is -0.435 e. The average molecular weight is 378 g/mol. The molecule has 2 aromatic rings. The molecule has 144 valence electrons. The van der Waals surface area contributed by atoms with Crippen molar-refractivity contribution in [3.05, 3.63) is 42.2 Å². The number of aromatic nitrogens is 2. The monoisotopic (exact) mass is 378 g/mol. The van der Waals surface area contributed by atoms with Crippen LogP contribution in [-0.4, -0.2) is 42.7 Å². The van der Waals surface area contributed by atoms with Crippen molar-refractivity contribution in [3.8, 4) is 5.75 Å². The lowest BCUT2D eigenvalue weighted by atomic mass is 9.94. The van der Waals surface area contributed by atoms with Crippen LogP contribution in [0.25, 0.3) is 0 Å². The quantitative estimate of drug-likeness (QED) is 0.615. The van der Waals surface area contributed by atoms with Crippen LogP contribution in [0.1, 0.15) is 12.1 Å². The Morgan fingerprint density at radius 2 is 2.07 bits per heavy atom. The minimum atomic E-state index is -2.89. The summed E-state index contributed by atoms with van der Waals surface area (Å²) in [5.74, 6) is 0.489. The first-order valence-corrected chi connectivity index (χ1v) is 8.37. The van der Waals surface area contributed by atoms with Gasteiger partial charge in [-0.15, -0.1) is 0 Å². The van der Waals surface area contributed by atoms with Gasteiger partial charge in [0.1, 0.15) is 5.75 Å². The lowest BCUT2D eigenvalue weighted by Gasteiger charge is -2.29. The van der Waals surface area contributed by atoms with Crippen LogP contribution >= 0.6 is 0 Å². The van der Waals surface area contributed by atoms with Gasteiger partial charge in [0.2, 0.25) is 5.95 Å². The first-order chi connectivity index (χ1) is 13.0. The predicted octanol–water partition coefficient (Wildman–Crippen LogP) is 2.13. The van der Waals surface area contributed by atoms with Crippen LogP contribution in [0.2, 0.25) is 0 Å². The van der Waals surface area contributed by atoms with Crippen molar-refractivity contribution < 1.29 is 18.3 Å². The Kier molecular flexibility index (Phi) is 5.65. The van der Waals surface area contributed by atoms with Gasteiger partial charge in [0.05, 0.1) is 11.2 Å². The van der Waals surface area contributed by atoms with Gasteiger partial charge in [-0.2, -0.15) is 8.78 Å². The zero-order valence-corrected chi connectivity index (χ0v) is 14.6. The summed E-state index contributed by atoms with van der Waals surface area (Å²) in [5, 5.41) is 11.8. The number of anilines is 2. The highest BCUT2D eigenvalue weighted by Crippen LogP contribution is 2.27. The molecule has 0 saturated carbocycles. The number of benzene rings is 1. The van der Waals surface area contributed by atoms with E-state index in [1.165, 1.54) is 24.3 Å². The molecule has 3 rings (SSSR count). The molecule has 0 radical (unpaired) electrons. The minimum absolute atomic E-state index is 0.0213. The molecule has 10 heteroatoms. The van der Waals surface area contributed by atoms with Gasteiger partial charge < -0.3 is 26.0 Å². The molecule has 27 heavy (non-hydrogen) atoms. The van der Waals surface area contributed by atoms with Gasteiger partial charge in [-0.25, -0.2) is 14.8 Å². The molecule has 1 saturated heterocycles. The molecular formula is C17H20F2N6O2. The van der Waals surface area contributed by atoms with E-state index < -0.39 is 18.2 Å². The zero-order valence-electron chi connectivity index (χ0n) is 14.6. The SMILES string of the molecule is CNc1nccc([C@]2(NC(=O)Nc3ccc(OC(F)F)cc3)CCNC2)n1. The molecule has 0 bridgehead atoms. The largest absolute Gasteiger partial charge is 0.435 e. The topological polar surface area (TPSA) is 100 Å². The normalized spacial score (nSPS) is 19.0. The lowest BCUT2D eigenvalue weighted by Crippen LogP contribution is -2.49. The molecule has 4 N–H and O–H groups in total. The highest BCUT2D eigenvalue weighted by atomic mass is 19.3. The molecule has 1 aromatic heterocycles. The van der Waals surface area contributed by atoms with Crippen molar-refractivity contribution in [2.24, 2.45) is 0 Å². The summed E-state index contributed by atoms with van der Waals surface area (Å²) in [4.78, 5) is 21.1. The van der Waals surface area contributed by atoms with Crippen LogP contribution in [0.4, 0.5) is 25.2 Å². The van der Waals surface area contributed by atoms with Crippen molar-refractivity contribution in [3.63, 3.8) is 0 Å². The smallest absolute Gasteiger partial charge is 0.387 e. The van der Waals surface area contributed by atoms with E-state index in [-0.39, 0.29) is 5.75 Å². The maximum absolute atomic E-state index is 12.5. The highest BCUT2D eigenvalue weighted by molar-refractivity contribution is 5.90. The molecule has 2 heterocycles. The number of nitrogens with zero attached hydrogens (tertiary/aromatic N) is 2. The van der Waals surface area contributed by atoms with Crippen molar-refractivity contribution >= 4 is 17.7 Å². The van der Waals surface area contributed by atoms with Crippen molar-refractivity contribution in [1.82, 2.24) is 20.6 Å². The summed E-state index contributed by atoms with van der Waals surface area (Å²) in [6.45, 7) is -1.63. The second-order valence-corrected chi connectivity index (χ2v) is 6.01. The summed E-state index contributed by atoms with van der Waals surface area (Å²) in [6.07, 6.45) is 2.30. The summed E-state index contributed by atoms with van der Waals surface area (Å²) in [6, 6.07) is 7.04. The number of hydrogen-bond donors (Lipinski definition) is 4. The molecule has 2 amide bonds. The molecule has 1 fully saturated rings. The first kappa shape index (κ1) is 18.8. The van der Waals surface area contributed by atoms with E-state index in [1.54, 1.807) is 19.3 Å². The Balaban J connectivity index is 1.70. The molecule has 1 atom stereocenters. The van der Waals surface area contributed by atoms with E-state index in [1.807, 2.05) is 0 Å². The van der Waals surface area contributed by atoms with E-state index in [2.05, 4.69) is 36.0 Å². The maximum Gasteiger partial charge on any atom is 0.387 e. The van der Waals surface area contributed by atoms with Crippen LogP contribution in [0, 0.1) is 0 Å². The van der Waals surface area contributed by atoms with Gasteiger partial charge in [-0.1, -0.05) is 0 Å². The molecule has 0 aliphatic carbocycles. The number of rotatable bonds is 6. The predicted molar refractivity (Wildman–Crippen MR) is 96.0 cm³/mol. The van der Waals surface area contributed by atoms with Crippen molar-refractivity contribution in [2.45, 2.75) is 18.6 Å². The van der Waals surface area contributed by atoms with Gasteiger partial charge in [0.15, 0.2) is 0 Å². The van der Waals surface area contributed by atoms with E-state index in [0.29, 0.717) is 30.3 Å². The Bertz CT molecular complexity index is 781. The van der Waals surface area contributed by atoms with Crippen LogP contribution < -0.4 is 26.0 Å². The summed E-state index contributed by atoms with van der Waals surface area (Å²) in [7, 11) is 1.72. The summed E-state index contributed by atoms with van der Waals surface area (Å²) in [5.41, 5.74) is 0.480. The second-order valence-electron chi connectivity index (χ2n) is 6.01. The summed E-state index contributed by atoms with van der Waals surface area (Å²) >= 11 is 0. The number of alkyl halides is 2. The fourth-order valence-corrected chi connectivity index (χ4v) is 2.93. The first-order valence-electron chi connectivity index (χ1n) is 8.37. The second kappa shape index (κ2) is 8.12. The Morgan fingerprint density at radius 3 is 2.70 bits per heavy atom. The number of carbonyl (C=O) groups is 1. The van der Waals surface area contributed by atoms with Gasteiger partial charge in [-0.3, -0.25) is 0 Å². The van der Waals surface area contributed by atoms with Gasteiger partial charge in [0.25, 0.3) is 0 Å². The molecular weight excluding hydrogens is 358 g/mol. The Morgan fingerprint density at radius 1 is 1.30 bits per heavy atom. The number of halogens is 2. The number of nitrogens with one attached hydrogen (secondary N) is 4. The molecule has 0 spiro atoms. The van der Waals surface area contributed by atoms with Crippen LogP contribution in [0.15, 0.2) is 36.5 Å². The van der Waals surface area contributed by atoms with Crippen molar-refractivity contribution in [1.29, 1.82) is 0 Å². The van der Waals surface area contributed by atoms with E-state index >= 15 is 0 Å². The van der Waals surface area contributed by atoms with Crippen molar-refractivity contribution in [2.75, 3.05) is 30.8 Å². The van der Waals surface area contributed by atoms with Gasteiger partial charge >= 0.3 is 12.6 Å². The Labute approximate surface area is 154 Å². The zero-order chi connectivity index (χ0) is 19.3. The highest BCUT2D eigenvalue weighted by Gasteiger charge is 2.38. The maximum atomic E-state index is 12.5. The third kappa shape index (κ3) is 4.59. The van der Waals surface area contributed by atoms with Crippen LogP contribution in [0.5, 0.6) is 5.75 Å². The molecule has 8 nitrogen and oxygen atoms in total. The lowest BCUT2D eigenvalue weighted by molar-refractivity contribution is -0.0498. The number of carbonyl (C=O) groups excluding carboxylic acids is 1. The third-order valence-corrected chi connectivity index (χ3v) is 4.21. The molecule has 1 aromatic carbocycles. The fraction of sp³-hybridized carbons (Fsp3) is 0.353. The Hall–Kier alpha value is -3.01. The molecule has 0 unspecified atom stereocenters. The average Bonchev–Trinajstić information content (AvgIpc) is 3.12.